The predicted molar refractivity (Wildman–Crippen MR) is 125 cm³/mol. The Morgan fingerprint density at radius 1 is 1.09 bits per heavy atom. The number of hydrogen-bond donors (Lipinski definition) is 3. The van der Waals surface area contributed by atoms with Crippen molar-refractivity contribution < 1.29 is 27.5 Å². The van der Waals surface area contributed by atoms with E-state index in [2.05, 4.69) is 20.3 Å². The molecule has 2 atom stereocenters. The van der Waals surface area contributed by atoms with Gasteiger partial charge in [-0.2, -0.15) is 0 Å². The summed E-state index contributed by atoms with van der Waals surface area (Å²) in [6, 6.07) is 13.6. The molecule has 3 N–H and O–H groups in total. The highest BCUT2D eigenvalue weighted by atomic mass is 32.2. The first-order chi connectivity index (χ1) is 16.4. The molecule has 1 unspecified atom stereocenters. The normalized spacial score (nSPS) is 12.6. The Morgan fingerprint density at radius 2 is 1.85 bits per heavy atom. The SMILES string of the molecule is O=C(N[C@@H](CCCCNS(=O)[O-])C(=O)Nc1cccc2cccnc12)OCc1ccc(F)cc1. The highest BCUT2D eigenvalue weighted by Gasteiger charge is 2.22. The number of fused-ring (bicyclic) bond motifs is 1. The number of unbranched alkanes of at least 4 members (excludes halogenated alkanes) is 1. The van der Waals surface area contributed by atoms with Crippen LogP contribution in [0, 0.1) is 5.82 Å². The lowest BCUT2D eigenvalue weighted by molar-refractivity contribution is -0.118. The zero-order valence-electron chi connectivity index (χ0n) is 18.2. The molecule has 3 rings (SSSR count). The summed E-state index contributed by atoms with van der Waals surface area (Å²) in [5.41, 5.74) is 1.70. The van der Waals surface area contributed by atoms with Crippen LogP contribution >= 0.6 is 0 Å². The van der Waals surface area contributed by atoms with Gasteiger partial charge in [0.15, 0.2) is 0 Å². The monoisotopic (exact) mass is 487 g/mol. The lowest BCUT2D eigenvalue weighted by Gasteiger charge is -2.19. The van der Waals surface area contributed by atoms with Gasteiger partial charge in [-0.05, 0) is 49.1 Å². The summed E-state index contributed by atoms with van der Waals surface area (Å²) < 4.78 is 41.6. The lowest BCUT2D eigenvalue weighted by atomic mass is 10.1. The number of carbonyl (C=O) groups excluding carboxylic acids is 2. The molecule has 1 heterocycles. The number of nitrogens with one attached hydrogen (secondary N) is 3. The fourth-order valence-electron chi connectivity index (χ4n) is 3.24. The minimum atomic E-state index is -2.36. The number of amides is 2. The maximum Gasteiger partial charge on any atom is 0.408 e. The van der Waals surface area contributed by atoms with E-state index in [1.54, 1.807) is 24.4 Å². The quantitative estimate of drug-likeness (QED) is 0.281. The van der Waals surface area contributed by atoms with Gasteiger partial charge < -0.3 is 19.9 Å². The number of alkyl carbamates (subject to hydrolysis) is 1. The third-order valence-corrected chi connectivity index (χ3v) is 5.36. The van der Waals surface area contributed by atoms with Crippen molar-refractivity contribution in [1.29, 1.82) is 0 Å². The molecule has 2 amide bonds. The van der Waals surface area contributed by atoms with Crippen molar-refractivity contribution in [2.24, 2.45) is 0 Å². The van der Waals surface area contributed by atoms with Crippen molar-refractivity contribution in [3.8, 4) is 0 Å². The van der Waals surface area contributed by atoms with Crippen LogP contribution in [0.4, 0.5) is 14.9 Å². The van der Waals surface area contributed by atoms with Crippen LogP contribution in [0.3, 0.4) is 0 Å². The van der Waals surface area contributed by atoms with E-state index in [0.717, 1.165) is 5.39 Å². The summed E-state index contributed by atoms with van der Waals surface area (Å²) in [5.74, 6) is -0.861. The van der Waals surface area contributed by atoms with Crippen molar-refractivity contribution in [2.75, 3.05) is 11.9 Å². The lowest BCUT2D eigenvalue weighted by Crippen LogP contribution is -2.44. The van der Waals surface area contributed by atoms with E-state index in [0.29, 0.717) is 29.6 Å². The van der Waals surface area contributed by atoms with Gasteiger partial charge >= 0.3 is 6.09 Å². The molecule has 0 aliphatic heterocycles. The van der Waals surface area contributed by atoms with Crippen LogP contribution in [0.15, 0.2) is 60.8 Å². The molecule has 0 fully saturated rings. The fourth-order valence-corrected chi connectivity index (χ4v) is 3.55. The van der Waals surface area contributed by atoms with Crippen LogP contribution in [-0.4, -0.2) is 38.3 Å². The number of halogens is 1. The van der Waals surface area contributed by atoms with Crippen LogP contribution in [0.5, 0.6) is 0 Å². The molecule has 0 radical (unpaired) electrons. The second-order valence-electron chi connectivity index (χ2n) is 7.39. The Labute approximate surface area is 198 Å². The molecule has 0 aliphatic rings. The summed E-state index contributed by atoms with van der Waals surface area (Å²) in [7, 11) is 0. The second-order valence-corrected chi connectivity index (χ2v) is 8.15. The molecule has 2 aromatic carbocycles. The summed E-state index contributed by atoms with van der Waals surface area (Å²) >= 11 is -2.36. The summed E-state index contributed by atoms with van der Waals surface area (Å²) in [6.45, 7) is 0.125. The maximum absolute atomic E-state index is 13.0. The van der Waals surface area contributed by atoms with Gasteiger partial charge in [0.1, 0.15) is 18.5 Å². The summed E-state index contributed by atoms with van der Waals surface area (Å²) in [4.78, 5) is 29.7. The average molecular weight is 488 g/mol. The number of aromatic nitrogens is 1. The largest absolute Gasteiger partial charge is 0.760 e. The minimum absolute atomic E-state index is 0.0903. The Hall–Kier alpha value is -3.41. The van der Waals surface area contributed by atoms with Crippen LogP contribution in [0.2, 0.25) is 0 Å². The van der Waals surface area contributed by atoms with Crippen LogP contribution < -0.4 is 15.4 Å². The van der Waals surface area contributed by atoms with Gasteiger partial charge in [-0.3, -0.25) is 14.0 Å². The molecule has 9 nitrogen and oxygen atoms in total. The molecule has 34 heavy (non-hydrogen) atoms. The number of hydrogen-bond acceptors (Lipinski definition) is 6. The predicted octanol–water partition coefficient (Wildman–Crippen LogP) is 3.16. The summed E-state index contributed by atoms with van der Waals surface area (Å²) in [5, 5.41) is 6.21. The third kappa shape index (κ3) is 7.87. The standard InChI is InChI=1S/C23H25FN4O5S/c24-18-11-9-16(10-12-18)15-33-23(30)28-20(7-1-2-14-26-34(31)32)22(29)27-19-8-3-5-17-6-4-13-25-21(17)19/h3-6,8-13,20,26H,1-2,7,14-15H2,(H,27,29)(H,28,30)(H,31,32)/p-1/t20-/m0/s1. The van der Waals surface area contributed by atoms with Crippen LogP contribution in [0.25, 0.3) is 10.9 Å². The number of benzene rings is 2. The molecular formula is C23H24FN4O5S-. The Bertz CT molecular complexity index is 1140. The zero-order chi connectivity index (χ0) is 24.3. The van der Waals surface area contributed by atoms with Crippen molar-refractivity contribution in [2.45, 2.75) is 31.9 Å². The zero-order valence-corrected chi connectivity index (χ0v) is 19.0. The molecule has 180 valence electrons. The molecule has 3 aromatic rings. The minimum Gasteiger partial charge on any atom is -0.760 e. The highest BCUT2D eigenvalue weighted by Crippen LogP contribution is 2.21. The first-order valence-corrected chi connectivity index (χ1v) is 11.6. The van der Waals surface area contributed by atoms with Crippen molar-refractivity contribution in [3.05, 3.63) is 72.2 Å². The van der Waals surface area contributed by atoms with E-state index in [1.807, 2.05) is 12.1 Å². The molecular weight excluding hydrogens is 463 g/mol. The van der Waals surface area contributed by atoms with Crippen LogP contribution in [0.1, 0.15) is 24.8 Å². The maximum atomic E-state index is 13.0. The van der Waals surface area contributed by atoms with E-state index < -0.39 is 35.1 Å². The molecule has 0 aliphatic carbocycles. The van der Waals surface area contributed by atoms with E-state index >= 15 is 0 Å². The smallest absolute Gasteiger partial charge is 0.408 e. The summed E-state index contributed by atoms with van der Waals surface area (Å²) in [6.07, 6.45) is 2.00. The Balaban J connectivity index is 1.63. The number of pyridine rings is 1. The molecule has 0 spiro atoms. The van der Waals surface area contributed by atoms with E-state index in [-0.39, 0.29) is 19.6 Å². The fraction of sp³-hybridized carbons (Fsp3) is 0.261. The molecule has 1 aromatic heterocycles. The highest BCUT2D eigenvalue weighted by molar-refractivity contribution is 7.77. The second kappa shape index (κ2) is 12.7. The van der Waals surface area contributed by atoms with Crippen molar-refractivity contribution in [3.63, 3.8) is 0 Å². The van der Waals surface area contributed by atoms with Crippen molar-refractivity contribution >= 4 is 39.9 Å². The van der Waals surface area contributed by atoms with E-state index in [9.17, 15) is 22.7 Å². The number of anilines is 1. The number of carbonyl (C=O) groups is 2. The van der Waals surface area contributed by atoms with Gasteiger partial charge in [0.25, 0.3) is 0 Å². The van der Waals surface area contributed by atoms with Gasteiger partial charge in [0, 0.05) is 29.4 Å². The Kier molecular flexibility index (Phi) is 9.44. The van der Waals surface area contributed by atoms with E-state index in [4.69, 9.17) is 4.74 Å². The first kappa shape index (κ1) is 25.2. The van der Waals surface area contributed by atoms with Gasteiger partial charge in [0.05, 0.1) is 11.2 Å². The number of para-hydroxylation sites is 1. The molecule has 0 saturated heterocycles. The Morgan fingerprint density at radius 3 is 2.62 bits per heavy atom. The van der Waals surface area contributed by atoms with Gasteiger partial charge in [0.2, 0.25) is 5.91 Å². The number of rotatable bonds is 11. The first-order valence-electron chi connectivity index (χ1n) is 10.6. The number of nitrogens with zero attached hydrogens (tertiary/aromatic N) is 1. The van der Waals surface area contributed by atoms with E-state index in [1.165, 1.54) is 24.3 Å². The topological polar surface area (TPSA) is 132 Å². The molecule has 0 bridgehead atoms. The number of ether oxygens (including phenoxy) is 1. The van der Waals surface area contributed by atoms with Crippen molar-refractivity contribution in [1.82, 2.24) is 15.0 Å². The molecule has 0 saturated carbocycles. The molecule has 11 heteroatoms. The van der Waals surface area contributed by atoms with Crippen LogP contribution in [-0.2, 0) is 27.4 Å². The van der Waals surface area contributed by atoms with Gasteiger partial charge in [-0.25, -0.2) is 13.9 Å². The third-order valence-electron chi connectivity index (χ3n) is 4.92. The van der Waals surface area contributed by atoms with Gasteiger partial charge in [-0.1, -0.05) is 30.3 Å². The average Bonchev–Trinajstić information content (AvgIpc) is 2.82. The van der Waals surface area contributed by atoms with Gasteiger partial charge in [-0.15, -0.1) is 0 Å².